The van der Waals surface area contributed by atoms with Gasteiger partial charge in [-0.2, -0.15) is 10.3 Å². The van der Waals surface area contributed by atoms with Crippen LogP contribution in [0.15, 0.2) is 72.8 Å². The first-order valence-electron chi connectivity index (χ1n) is 18.8. The molecule has 0 heterocycles. The van der Waals surface area contributed by atoms with Gasteiger partial charge in [0.25, 0.3) is 0 Å². The molecule has 0 saturated carbocycles. The number of nitrogens with zero attached hydrogens (tertiary/aromatic N) is 2. The van der Waals surface area contributed by atoms with E-state index < -0.39 is 0 Å². The van der Waals surface area contributed by atoms with Crippen LogP contribution in [0.1, 0.15) is 49.9 Å². The summed E-state index contributed by atoms with van der Waals surface area (Å²) in [7, 11) is 5.99. The van der Waals surface area contributed by atoms with E-state index in [1.165, 1.54) is 38.8 Å². The Bertz CT molecular complexity index is 1710. The van der Waals surface area contributed by atoms with Crippen molar-refractivity contribution < 1.29 is 97.8 Å². The summed E-state index contributed by atoms with van der Waals surface area (Å²) in [4.78, 5) is 0. The van der Waals surface area contributed by atoms with Crippen molar-refractivity contribution in [1.82, 2.24) is 21.3 Å². The van der Waals surface area contributed by atoms with Crippen molar-refractivity contribution >= 4 is 34.8 Å². The molecule has 0 spiro atoms. The van der Waals surface area contributed by atoms with E-state index in [9.17, 15) is 20.4 Å². The van der Waals surface area contributed by atoms with Crippen LogP contribution in [0.5, 0.6) is 46.0 Å². The summed E-state index contributed by atoms with van der Waals surface area (Å²) in [5, 5.41) is 78.9. The quantitative estimate of drug-likeness (QED) is 0.0530. The Morgan fingerprint density at radius 1 is 0.444 bits per heavy atom. The summed E-state index contributed by atoms with van der Waals surface area (Å²) in [6.45, 7) is 13.3. The normalized spacial score (nSPS) is 10.0. The van der Waals surface area contributed by atoms with Gasteiger partial charge in [0.05, 0.1) is 28.4 Å². The maximum atomic E-state index is 12.2. The van der Waals surface area contributed by atoms with Crippen LogP contribution in [-0.4, -0.2) is 64.9 Å². The molecule has 0 aliphatic carbocycles. The van der Waals surface area contributed by atoms with Gasteiger partial charge in [-0.05, 0) is 57.3 Å². The van der Waals surface area contributed by atoms with Crippen LogP contribution in [0, 0.1) is 10.8 Å². The Morgan fingerprint density at radius 3 is 0.778 bits per heavy atom. The van der Waals surface area contributed by atoms with E-state index in [0.29, 0.717) is 71.4 Å². The van der Waals surface area contributed by atoms with E-state index in [0.717, 1.165) is 26.2 Å². The van der Waals surface area contributed by atoms with Gasteiger partial charge >= 0.3 is 58.4 Å². The molecule has 4 aromatic carbocycles. The standard InChI is InChI=1S/2C21H30N2O4.2CNS.3Zn/c2*1-21(2,13-22-11-15-7-5-9-17(26-3)19(15)24)14-23-12-16-8-6-10-18(27-4)20(16)25;2*2-1-3;;;/h2*5-10,22-25H,11-14H2,1-4H3;;;;;/q;;2*-1;3*+2/p-4. The molecular weight excluding hydrogens is 1000 g/mol. The predicted octanol–water partition coefficient (Wildman–Crippen LogP) is 4.82. The summed E-state index contributed by atoms with van der Waals surface area (Å²) < 4.78 is 20.3. The van der Waals surface area contributed by atoms with Crippen LogP contribution in [0.3, 0.4) is 0 Å². The molecular formula is C44H56N6O8S2Zn3. The van der Waals surface area contributed by atoms with E-state index in [2.05, 4.69) is 73.4 Å². The molecule has 328 valence electrons. The molecule has 0 aliphatic heterocycles. The van der Waals surface area contributed by atoms with Gasteiger partial charge in [0.15, 0.2) is 0 Å². The molecule has 0 bridgehead atoms. The molecule has 0 radical (unpaired) electrons. The van der Waals surface area contributed by atoms with Gasteiger partial charge in [0, 0.05) is 52.4 Å². The molecule has 4 aromatic rings. The molecule has 0 aliphatic rings. The van der Waals surface area contributed by atoms with Gasteiger partial charge in [-0.3, -0.25) is 0 Å². The Morgan fingerprint density at radius 2 is 0.619 bits per heavy atom. The second-order valence-electron chi connectivity index (χ2n) is 14.7. The van der Waals surface area contributed by atoms with Gasteiger partial charge in [0.1, 0.15) is 23.0 Å². The van der Waals surface area contributed by atoms with Crippen LogP contribution in [-0.2, 0) is 84.6 Å². The number of nitrogens with one attached hydrogen (secondary N) is 4. The van der Waals surface area contributed by atoms with Gasteiger partial charge < -0.3 is 71.5 Å². The molecule has 0 unspecified atom stereocenters. The molecule has 4 rings (SSSR count). The average Bonchev–Trinajstić information content (AvgIpc) is 3.21. The maximum Gasteiger partial charge on any atom is 2.00 e. The van der Waals surface area contributed by atoms with Crippen molar-refractivity contribution in [3.8, 4) is 46.0 Å². The largest absolute Gasteiger partial charge is 2.00 e. The molecule has 0 saturated heterocycles. The van der Waals surface area contributed by atoms with Crippen molar-refractivity contribution in [3.05, 3.63) is 106 Å². The Balaban J connectivity index is -0.000000973. The molecule has 0 aromatic heterocycles. The maximum absolute atomic E-state index is 12.2. The van der Waals surface area contributed by atoms with Crippen LogP contribution < -0.4 is 60.6 Å². The number of thiocarbonyl (C=S) groups is 2. The first kappa shape index (κ1) is 63.9. The number of rotatable bonds is 20. The number of hydrogen-bond acceptors (Lipinski definition) is 14. The molecule has 63 heavy (non-hydrogen) atoms. The zero-order chi connectivity index (χ0) is 45.1. The monoisotopic (exact) mass is 1050 g/mol. The minimum absolute atomic E-state index is 0. The molecule has 19 heteroatoms. The zero-order valence-electron chi connectivity index (χ0n) is 37.7. The van der Waals surface area contributed by atoms with Crippen molar-refractivity contribution in [2.75, 3.05) is 54.6 Å². The van der Waals surface area contributed by atoms with E-state index in [1.54, 1.807) is 24.3 Å². The predicted molar refractivity (Wildman–Crippen MR) is 236 cm³/mol. The summed E-state index contributed by atoms with van der Waals surface area (Å²) in [6.07, 6.45) is 0. The molecule has 4 N–H and O–H groups in total. The van der Waals surface area contributed by atoms with E-state index in [1.807, 2.05) is 48.5 Å². The first-order valence-corrected chi connectivity index (χ1v) is 19.6. The SMILES string of the molecule is COc1cccc(CNCC(C)(C)CNCc2cccc(OC)c2[O-])c1[O-].COc1cccc(CNCC(C)(C)CNCc2cccc(OC)c2[O-])c1[O-].[N-]=C=S.[N-]=C=S.[Zn+2].[Zn+2].[Zn+2]. The van der Waals surface area contributed by atoms with Gasteiger partial charge in [-0.25, -0.2) is 0 Å². The molecule has 14 nitrogen and oxygen atoms in total. The Hall–Kier alpha value is -3.41. The van der Waals surface area contributed by atoms with E-state index >= 15 is 0 Å². The second kappa shape index (κ2) is 34.9. The minimum Gasteiger partial charge on any atom is -0.870 e. The topological polar surface area (TPSA) is 222 Å². The fraction of sp³-hybridized carbons (Fsp3) is 0.409. The number of hydrogen-bond donors (Lipinski definition) is 4. The third-order valence-electron chi connectivity index (χ3n) is 8.80. The smallest absolute Gasteiger partial charge is 0.870 e. The number of ether oxygens (including phenoxy) is 4. The number of isothiocyanates is 2. The third kappa shape index (κ3) is 23.9. The summed E-state index contributed by atoms with van der Waals surface area (Å²) in [6, 6.07) is 21.2. The number of methoxy groups -OCH3 is 4. The summed E-state index contributed by atoms with van der Waals surface area (Å²) in [5.41, 5.74) is 2.64. The van der Waals surface area contributed by atoms with Crippen LogP contribution in [0.4, 0.5) is 0 Å². The average molecular weight is 1060 g/mol. The van der Waals surface area contributed by atoms with Crippen LogP contribution >= 0.6 is 24.4 Å². The Labute approximate surface area is 421 Å². The minimum atomic E-state index is -0.0792. The number of para-hydroxylation sites is 4. The van der Waals surface area contributed by atoms with Crippen molar-refractivity contribution in [3.63, 3.8) is 0 Å². The van der Waals surface area contributed by atoms with Crippen molar-refractivity contribution in [2.24, 2.45) is 10.8 Å². The fourth-order valence-corrected chi connectivity index (χ4v) is 5.71. The summed E-state index contributed by atoms with van der Waals surface area (Å²) >= 11 is 7.40. The third-order valence-corrected chi connectivity index (χ3v) is 8.80. The molecule has 0 atom stereocenters. The van der Waals surface area contributed by atoms with Gasteiger partial charge in [-0.1, -0.05) is 124 Å². The van der Waals surface area contributed by atoms with Crippen LogP contribution in [0.25, 0.3) is 10.8 Å². The second-order valence-corrected chi connectivity index (χ2v) is 15.1. The van der Waals surface area contributed by atoms with Gasteiger partial charge in [0.2, 0.25) is 0 Å². The fourth-order valence-electron chi connectivity index (χ4n) is 5.71. The van der Waals surface area contributed by atoms with Crippen molar-refractivity contribution in [2.45, 2.75) is 53.9 Å². The Kier molecular flexibility index (Phi) is 35.4. The zero-order valence-corrected chi connectivity index (χ0v) is 48.2. The molecule has 0 amide bonds. The van der Waals surface area contributed by atoms with Gasteiger partial charge in [-0.15, -0.1) is 0 Å². The number of benzene rings is 4. The van der Waals surface area contributed by atoms with Crippen molar-refractivity contribution in [1.29, 1.82) is 0 Å². The van der Waals surface area contributed by atoms with Crippen LogP contribution in [0.2, 0.25) is 0 Å². The molecule has 0 fully saturated rings. The summed E-state index contributed by atoms with van der Waals surface area (Å²) in [5.74, 6) is 1.13. The first-order chi connectivity index (χ1) is 28.6. The van der Waals surface area contributed by atoms with E-state index in [-0.39, 0.29) is 92.3 Å². The van der Waals surface area contributed by atoms with E-state index in [4.69, 9.17) is 29.8 Å².